The predicted octanol–water partition coefficient (Wildman–Crippen LogP) is 3.48. The third kappa shape index (κ3) is 3.82. The first-order valence-corrected chi connectivity index (χ1v) is 5.99. The largest absolute Gasteiger partial charge is 0.380 e. The lowest BCUT2D eigenvalue weighted by Crippen LogP contribution is -2.20. The lowest BCUT2D eigenvalue weighted by molar-refractivity contribution is 0.185. The predicted molar refractivity (Wildman–Crippen MR) is 76.2 cm³/mol. The number of urea groups is 1. The summed E-state index contributed by atoms with van der Waals surface area (Å²) in [7, 11) is 1.63. The maximum Gasteiger partial charge on any atom is 0.323 e. The molecule has 2 N–H and O–H groups in total. The molecular weight excluding hydrogens is 240 g/mol. The van der Waals surface area contributed by atoms with Crippen LogP contribution < -0.4 is 10.6 Å². The molecule has 19 heavy (non-hydrogen) atoms. The Morgan fingerprint density at radius 1 is 1.00 bits per heavy atom. The molecule has 2 amide bonds. The molecule has 0 atom stereocenters. The van der Waals surface area contributed by atoms with Crippen molar-refractivity contribution in [3.8, 4) is 0 Å². The Morgan fingerprint density at radius 2 is 1.68 bits per heavy atom. The van der Waals surface area contributed by atoms with Crippen LogP contribution in [-0.4, -0.2) is 13.1 Å². The normalized spacial score (nSPS) is 9.95. The van der Waals surface area contributed by atoms with E-state index < -0.39 is 0 Å². The van der Waals surface area contributed by atoms with Gasteiger partial charge in [0.1, 0.15) is 0 Å². The molecule has 2 rings (SSSR count). The molecule has 4 nitrogen and oxygen atoms in total. The Hall–Kier alpha value is -2.33. The lowest BCUT2D eigenvalue weighted by atomic mass is 10.2. The van der Waals surface area contributed by atoms with Gasteiger partial charge in [-0.2, -0.15) is 0 Å². The zero-order valence-electron chi connectivity index (χ0n) is 10.7. The first kappa shape index (κ1) is 13.1. The number of benzene rings is 2. The van der Waals surface area contributed by atoms with Gasteiger partial charge in [-0.3, -0.25) is 0 Å². The number of hydrogen-bond acceptors (Lipinski definition) is 2. The highest BCUT2D eigenvalue weighted by molar-refractivity contribution is 6.00. The second-order valence-corrected chi connectivity index (χ2v) is 4.04. The van der Waals surface area contributed by atoms with Crippen molar-refractivity contribution in [2.75, 3.05) is 17.7 Å². The Bertz CT molecular complexity index is 541. The van der Waals surface area contributed by atoms with E-state index in [0.717, 1.165) is 16.9 Å². The van der Waals surface area contributed by atoms with E-state index >= 15 is 0 Å². The van der Waals surface area contributed by atoms with E-state index in [4.69, 9.17) is 4.74 Å². The number of carbonyl (C=O) groups is 1. The van der Waals surface area contributed by atoms with Crippen molar-refractivity contribution in [2.24, 2.45) is 0 Å². The van der Waals surface area contributed by atoms with Gasteiger partial charge in [0, 0.05) is 24.0 Å². The number of ether oxygens (including phenoxy) is 1. The molecule has 2 aromatic carbocycles. The Labute approximate surface area is 112 Å². The van der Waals surface area contributed by atoms with Crippen molar-refractivity contribution >= 4 is 17.4 Å². The van der Waals surface area contributed by atoms with Gasteiger partial charge in [0.25, 0.3) is 0 Å². The minimum absolute atomic E-state index is 0.269. The zero-order chi connectivity index (χ0) is 13.5. The van der Waals surface area contributed by atoms with Crippen LogP contribution in [0.2, 0.25) is 0 Å². The smallest absolute Gasteiger partial charge is 0.323 e. The average Bonchev–Trinajstić information content (AvgIpc) is 2.42. The van der Waals surface area contributed by atoms with E-state index in [1.54, 1.807) is 7.11 Å². The monoisotopic (exact) mass is 256 g/mol. The molecule has 0 bridgehead atoms. The summed E-state index contributed by atoms with van der Waals surface area (Å²) in [6.07, 6.45) is 0. The van der Waals surface area contributed by atoms with E-state index in [9.17, 15) is 4.79 Å². The molecule has 2 aromatic rings. The molecular formula is C15H16N2O2. The highest BCUT2D eigenvalue weighted by atomic mass is 16.5. The Balaban J connectivity index is 2.03. The molecule has 0 aliphatic rings. The summed E-state index contributed by atoms with van der Waals surface area (Å²) in [6, 6.07) is 16.6. The lowest BCUT2D eigenvalue weighted by Gasteiger charge is -2.11. The van der Waals surface area contributed by atoms with E-state index in [1.165, 1.54) is 0 Å². The van der Waals surface area contributed by atoms with Crippen LogP contribution in [0, 0.1) is 0 Å². The maximum absolute atomic E-state index is 11.9. The Morgan fingerprint density at radius 3 is 2.42 bits per heavy atom. The standard InChI is InChI=1S/C15H16N2O2/c1-19-11-12-7-5-6-10-14(12)17-15(18)16-13-8-3-2-4-9-13/h2-10H,11H2,1H3,(H2,16,17,18). The van der Waals surface area contributed by atoms with Gasteiger partial charge in [0.2, 0.25) is 0 Å². The van der Waals surface area contributed by atoms with E-state index in [1.807, 2.05) is 54.6 Å². The first-order valence-electron chi connectivity index (χ1n) is 5.99. The zero-order valence-corrected chi connectivity index (χ0v) is 10.7. The molecule has 0 saturated carbocycles. The van der Waals surface area contributed by atoms with Crippen molar-refractivity contribution < 1.29 is 9.53 Å². The number of hydrogen-bond donors (Lipinski definition) is 2. The number of amides is 2. The molecule has 4 heteroatoms. The summed E-state index contributed by atoms with van der Waals surface area (Å²) in [5.74, 6) is 0. The van der Waals surface area contributed by atoms with E-state index in [-0.39, 0.29) is 6.03 Å². The molecule has 0 aromatic heterocycles. The summed E-state index contributed by atoms with van der Waals surface area (Å²) in [5, 5.41) is 5.58. The summed E-state index contributed by atoms with van der Waals surface area (Å²) >= 11 is 0. The minimum atomic E-state index is -0.269. The van der Waals surface area contributed by atoms with Crippen LogP contribution in [-0.2, 0) is 11.3 Å². The van der Waals surface area contributed by atoms with Crippen LogP contribution in [0.4, 0.5) is 16.2 Å². The van der Waals surface area contributed by atoms with Crippen molar-refractivity contribution in [3.05, 3.63) is 60.2 Å². The van der Waals surface area contributed by atoms with Gasteiger partial charge in [-0.05, 0) is 18.2 Å². The van der Waals surface area contributed by atoms with E-state index in [0.29, 0.717) is 6.61 Å². The number of para-hydroxylation sites is 2. The number of carbonyl (C=O) groups excluding carboxylic acids is 1. The number of methoxy groups -OCH3 is 1. The van der Waals surface area contributed by atoms with Crippen molar-refractivity contribution in [1.29, 1.82) is 0 Å². The van der Waals surface area contributed by atoms with Crippen molar-refractivity contribution in [1.82, 2.24) is 0 Å². The van der Waals surface area contributed by atoms with Gasteiger partial charge < -0.3 is 15.4 Å². The van der Waals surface area contributed by atoms with Crippen molar-refractivity contribution in [2.45, 2.75) is 6.61 Å². The van der Waals surface area contributed by atoms with Gasteiger partial charge in [0.05, 0.1) is 6.61 Å². The first-order chi connectivity index (χ1) is 9.29. The average molecular weight is 256 g/mol. The second kappa shape index (κ2) is 6.56. The molecule has 98 valence electrons. The molecule has 0 radical (unpaired) electrons. The van der Waals surface area contributed by atoms with Gasteiger partial charge in [-0.25, -0.2) is 4.79 Å². The SMILES string of the molecule is COCc1ccccc1NC(=O)Nc1ccccc1. The van der Waals surface area contributed by atoms with E-state index in [2.05, 4.69) is 10.6 Å². The summed E-state index contributed by atoms with van der Waals surface area (Å²) in [5.41, 5.74) is 2.44. The van der Waals surface area contributed by atoms with Crippen LogP contribution in [0.1, 0.15) is 5.56 Å². The van der Waals surface area contributed by atoms with Gasteiger partial charge in [-0.15, -0.1) is 0 Å². The summed E-state index contributed by atoms with van der Waals surface area (Å²) in [6.45, 7) is 0.460. The molecule has 0 fully saturated rings. The van der Waals surface area contributed by atoms with Gasteiger partial charge >= 0.3 is 6.03 Å². The number of nitrogens with one attached hydrogen (secondary N) is 2. The third-order valence-electron chi connectivity index (χ3n) is 2.60. The Kier molecular flexibility index (Phi) is 4.53. The quantitative estimate of drug-likeness (QED) is 0.880. The van der Waals surface area contributed by atoms with Crippen LogP contribution in [0.3, 0.4) is 0 Å². The molecule has 0 heterocycles. The summed E-state index contributed by atoms with van der Waals surface area (Å²) < 4.78 is 5.10. The highest BCUT2D eigenvalue weighted by Crippen LogP contribution is 2.16. The minimum Gasteiger partial charge on any atom is -0.380 e. The fourth-order valence-electron chi connectivity index (χ4n) is 1.73. The molecule has 0 spiro atoms. The fraction of sp³-hybridized carbons (Fsp3) is 0.133. The number of anilines is 2. The molecule has 0 aliphatic heterocycles. The second-order valence-electron chi connectivity index (χ2n) is 4.04. The maximum atomic E-state index is 11.9. The van der Waals surface area contributed by atoms with Crippen molar-refractivity contribution in [3.63, 3.8) is 0 Å². The van der Waals surface area contributed by atoms with Crippen LogP contribution >= 0.6 is 0 Å². The summed E-state index contributed by atoms with van der Waals surface area (Å²) in [4.78, 5) is 11.9. The fourth-order valence-corrected chi connectivity index (χ4v) is 1.73. The highest BCUT2D eigenvalue weighted by Gasteiger charge is 2.06. The molecule has 0 unspecified atom stereocenters. The topological polar surface area (TPSA) is 50.4 Å². The molecule has 0 aliphatic carbocycles. The number of rotatable bonds is 4. The van der Waals surface area contributed by atoms with Crippen LogP contribution in [0.5, 0.6) is 0 Å². The van der Waals surface area contributed by atoms with Crippen LogP contribution in [0.15, 0.2) is 54.6 Å². The molecule has 0 saturated heterocycles. The third-order valence-corrected chi connectivity index (χ3v) is 2.60. The van der Waals surface area contributed by atoms with Crippen LogP contribution in [0.25, 0.3) is 0 Å². The van der Waals surface area contributed by atoms with Gasteiger partial charge in [0.15, 0.2) is 0 Å². The van der Waals surface area contributed by atoms with Gasteiger partial charge in [-0.1, -0.05) is 36.4 Å².